The first-order valence-electron chi connectivity index (χ1n) is 8.88. The fourth-order valence-corrected chi connectivity index (χ4v) is 3.32. The van der Waals surface area contributed by atoms with Gasteiger partial charge in [-0.1, -0.05) is 12.1 Å². The van der Waals surface area contributed by atoms with E-state index < -0.39 is 0 Å². The second kappa shape index (κ2) is 7.85. The van der Waals surface area contributed by atoms with Crippen LogP contribution in [0.15, 0.2) is 42.6 Å². The van der Waals surface area contributed by atoms with E-state index in [0.29, 0.717) is 23.0 Å². The van der Waals surface area contributed by atoms with Crippen molar-refractivity contribution in [2.75, 3.05) is 25.9 Å². The Balaban J connectivity index is 1.76. The molecule has 1 aromatic carbocycles. The summed E-state index contributed by atoms with van der Waals surface area (Å²) in [6, 6.07) is 11.4. The Labute approximate surface area is 154 Å². The van der Waals surface area contributed by atoms with Crippen LogP contribution in [0.3, 0.4) is 0 Å². The van der Waals surface area contributed by atoms with Gasteiger partial charge in [0, 0.05) is 43.6 Å². The van der Waals surface area contributed by atoms with Gasteiger partial charge in [0.05, 0.1) is 23.5 Å². The topological polar surface area (TPSA) is 80.5 Å². The highest BCUT2D eigenvalue weighted by Gasteiger charge is 2.35. The number of benzene rings is 1. The third-order valence-electron chi connectivity index (χ3n) is 4.88. The average Bonchev–Trinajstić information content (AvgIpc) is 3.05. The summed E-state index contributed by atoms with van der Waals surface area (Å²) in [4.78, 5) is 19.4. The smallest absolute Gasteiger partial charge is 0.251 e. The minimum atomic E-state index is -0.112. The first-order valence-corrected chi connectivity index (χ1v) is 8.88. The van der Waals surface area contributed by atoms with Gasteiger partial charge in [-0.3, -0.25) is 14.7 Å². The SMILES string of the molecule is CO[C@H]1CN(C(C)C)C[C@@H]1NC(=O)c1cccc(-c2ncccc2N)c1. The van der Waals surface area contributed by atoms with E-state index >= 15 is 0 Å². The Morgan fingerprint density at radius 1 is 1.31 bits per heavy atom. The monoisotopic (exact) mass is 354 g/mol. The van der Waals surface area contributed by atoms with Gasteiger partial charge in [-0.2, -0.15) is 0 Å². The van der Waals surface area contributed by atoms with Gasteiger partial charge in [-0.25, -0.2) is 0 Å². The number of nitrogen functional groups attached to an aromatic ring is 1. The summed E-state index contributed by atoms with van der Waals surface area (Å²) >= 11 is 0. The van der Waals surface area contributed by atoms with E-state index in [2.05, 4.69) is 29.0 Å². The van der Waals surface area contributed by atoms with Gasteiger partial charge in [0.1, 0.15) is 0 Å². The summed E-state index contributed by atoms with van der Waals surface area (Å²) in [5.41, 5.74) is 8.70. The number of rotatable bonds is 5. The van der Waals surface area contributed by atoms with Gasteiger partial charge >= 0.3 is 0 Å². The van der Waals surface area contributed by atoms with E-state index in [-0.39, 0.29) is 18.1 Å². The lowest BCUT2D eigenvalue weighted by molar-refractivity contribution is 0.0753. The summed E-state index contributed by atoms with van der Waals surface area (Å²) in [6.07, 6.45) is 1.69. The van der Waals surface area contributed by atoms with Crippen LogP contribution >= 0.6 is 0 Å². The number of amides is 1. The number of hydrogen-bond acceptors (Lipinski definition) is 5. The minimum absolute atomic E-state index is 0.00373. The average molecular weight is 354 g/mol. The molecule has 0 bridgehead atoms. The third-order valence-corrected chi connectivity index (χ3v) is 4.88. The molecular weight excluding hydrogens is 328 g/mol. The first kappa shape index (κ1) is 18.4. The second-order valence-corrected chi connectivity index (χ2v) is 6.92. The number of ether oxygens (including phenoxy) is 1. The second-order valence-electron chi connectivity index (χ2n) is 6.92. The van der Waals surface area contributed by atoms with Crippen molar-refractivity contribution < 1.29 is 9.53 Å². The molecule has 3 rings (SSSR count). The fraction of sp³-hybridized carbons (Fsp3) is 0.400. The maximum Gasteiger partial charge on any atom is 0.251 e. The zero-order valence-electron chi connectivity index (χ0n) is 15.5. The van der Waals surface area contributed by atoms with Crippen LogP contribution in [-0.2, 0) is 4.74 Å². The van der Waals surface area contributed by atoms with Gasteiger partial charge in [0.15, 0.2) is 0 Å². The molecule has 2 heterocycles. The molecule has 0 aliphatic carbocycles. The maximum absolute atomic E-state index is 12.8. The fourth-order valence-electron chi connectivity index (χ4n) is 3.32. The van der Waals surface area contributed by atoms with E-state index in [0.717, 1.165) is 18.7 Å². The number of likely N-dealkylation sites (tertiary alicyclic amines) is 1. The van der Waals surface area contributed by atoms with Gasteiger partial charge < -0.3 is 15.8 Å². The van der Waals surface area contributed by atoms with E-state index in [1.165, 1.54) is 0 Å². The van der Waals surface area contributed by atoms with Gasteiger partial charge in [-0.05, 0) is 38.1 Å². The highest BCUT2D eigenvalue weighted by molar-refractivity contribution is 5.96. The molecule has 138 valence electrons. The Kier molecular flexibility index (Phi) is 5.54. The Hall–Kier alpha value is -2.44. The van der Waals surface area contributed by atoms with Crippen molar-refractivity contribution >= 4 is 11.6 Å². The molecular formula is C20H26N4O2. The number of anilines is 1. The molecule has 6 nitrogen and oxygen atoms in total. The van der Waals surface area contributed by atoms with E-state index in [9.17, 15) is 4.79 Å². The first-order chi connectivity index (χ1) is 12.5. The van der Waals surface area contributed by atoms with E-state index in [4.69, 9.17) is 10.5 Å². The molecule has 2 aromatic rings. The predicted molar refractivity (Wildman–Crippen MR) is 103 cm³/mol. The minimum Gasteiger partial charge on any atom is -0.397 e. The summed E-state index contributed by atoms with van der Waals surface area (Å²) in [6.45, 7) is 5.91. The van der Waals surface area contributed by atoms with Crippen molar-refractivity contribution in [3.05, 3.63) is 48.2 Å². The largest absolute Gasteiger partial charge is 0.397 e. The summed E-state index contributed by atoms with van der Waals surface area (Å²) in [5, 5.41) is 3.12. The molecule has 1 amide bonds. The molecule has 3 N–H and O–H groups in total. The number of nitrogens with two attached hydrogens (primary N) is 1. The van der Waals surface area contributed by atoms with Crippen molar-refractivity contribution in [3.63, 3.8) is 0 Å². The molecule has 1 aliphatic heterocycles. The zero-order chi connectivity index (χ0) is 18.7. The molecule has 0 radical (unpaired) electrons. The van der Waals surface area contributed by atoms with Crippen molar-refractivity contribution in [2.45, 2.75) is 32.0 Å². The van der Waals surface area contributed by atoms with Crippen molar-refractivity contribution in [1.82, 2.24) is 15.2 Å². The zero-order valence-corrected chi connectivity index (χ0v) is 15.5. The van der Waals surface area contributed by atoms with Crippen LogP contribution in [0.2, 0.25) is 0 Å². The number of aromatic nitrogens is 1. The van der Waals surface area contributed by atoms with Crippen LogP contribution in [0.1, 0.15) is 24.2 Å². The lowest BCUT2D eigenvalue weighted by Crippen LogP contribution is -2.43. The van der Waals surface area contributed by atoms with E-state index in [1.807, 2.05) is 18.2 Å². The molecule has 1 aromatic heterocycles. The maximum atomic E-state index is 12.8. The van der Waals surface area contributed by atoms with Crippen LogP contribution in [0.4, 0.5) is 5.69 Å². The molecule has 2 atom stereocenters. The lowest BCUT2D eigenvalue weighted by atomic mass is 10.1. The number of carbonyl (C=O) groups is 1. The molecule has 0 unspecified atom stereocenters. The number of carbonyl (C=O) groups excluding carboxylic acids is 1. The van der Waals surface area contributed by atoms with Crippen LogP contribution < -0.4 is 11.1 Å². The standard InChI is InChI=1S/C20H26N4O2/c1-13(2)24-11-17(18(12-24)26-3)23-20(25)15-7-4-6-14(10-15)19-16(21)8-5-9-22-19/h4-10,13,17-18H,11-12,21H2,1-3H3,(H,23,25)/t17-,18-/m0/s1. The van der Waals surface area contributed by atoms with Crippen LogP contribution in [-0.4, -0.2) is 54.2 Å². The molecule has 1 aliphatic rings. The Bertz CT molecular complexity index is 778. The van der Waals surface area contributed by atoms with Crippen molar-refractivity contribution in [3.8, 4) is 11.3 Å². The summed E-state index contributed by atoms with van der Waals surface area (Å²) in [7, 11) is 1.69. The van der Waals surface area contributed by atoms with Crippen molar-refractivity contribution in [2.24, 2.45) is 0 Å². The van der Waals surface area contributed by atoms with Crippen molar-refractivity contribution in [1.29, 1.82) is 0 Å². The van der Waals surface area contributed by atoms with Crippen LogP contribution in [0, 0.1) is 0 Å². The van der Waals surface area contributed by atoms with Gasteiger partial charge in [0.2, 0.25) is 0 Å². The number of nitrogens with one attached hydrogen (secondary N) is 1. The molecule has 1 saturated heterocycles. The van der Waals surface area contributed by atoms with Crippen LogP contribution in [0.5, 0.6) is 0 Å². The van der Waals surface area contributed by atoms with E-state index in [1.54, 1.807) is 31.5 Å². The molecule has 26 heavy (non-hydrogen) atoms. The number of pyridine rings is 1. The number of nitrogens with zero attached hydrogens (tertiary/aromatic N) is 2. The highest BCUT2D eigenvalue weighted by atomic mass is 16.5. The van der Waals surface area contributed by atoms with Gasteiger partial charge in [-0.15, -0.1) is 0 Å². The quantitative estimate of drug-likeness (QED) is 0.860. The number of hydrogen-bond donors (Lipinski definition) is 2. The normalized spacial score (nSPS) is 20.5. The molecule has 0 spiro atoms. The summed E-state index contributed by atoms with van der Waals surface area (Å²) < 4.78 is 5.57. The molecule has 1 fully saturated rings. The predicted octanol–water partition coefficient (Wildman–Crippen LogP) is 2.17. The number of methoxy groups -OCH3 is 1. The van der Waals surface area contributed by atoms with Gasteiger partial charge in [0.25, 0.3) is 5.91 Å². The van der Waals surface area contributed by atoms with Crippen LogP contribution in [0.25, 0.3) is 11.3 Å². The summed E-state index contributed by atoms with van der Waals surface area (Å²) in [5.74, 6) is -0.112. The highest BCUT2D eigenvalue weighted by Crippen LogP contribution is 2.24. The molecule has 6 heteroatoms. The molecule has 0 saturated carbocycles. The Morgan fingerprint density at radius 3 is 2.81 bits per heavy atom. The third kappa shape index (κ3) is 3.86. The lowest BCUT2D eigenvalue weighted by Gasteiger charge is -2.20. The Morgan fingerprint density at radius 2 is 2.12 bits per heavy atom.